The maximum absolute atomic E-state index is 10.4. The molecule has 0 aromatic heterocycles. The highest BCUT2D eigenvalue weighted by Crippen LogP contribution is 2.17. The molecular weight excluding hydrogens is 166 g/mol. The van der Waals surface area contributed by atoms with Gasteiger partial charge in [-0.3, -0.25) is 4.79 Å². The minimum atomic E-state index is -0.960. The molecule has 0 bridgehead atoms. The van der Waals surface area contributed by atoms with E-state index < -0.39 is 12.0 Å². The van der Waals surface area contributed by atoms with Gasteiger partial charge in [-0.2, -0.15) is 0 Å². The lowest BCUT2D eigenvalue weighted by atomic mass is 9.98. The molecule has 0 radical (unpaired) electrons. The lowest BCUT2D eigenvalue weighted by molar-refractivity contribution is -0.138. The van der Waals surface area contributed by atoms with E-state index in [1.165, 1.54) is 0 Å². The van der Waals surface area contributed by atoms with Crippen LogP contribution in [0, 0.1) is 0 Å². The van der Waals surface area contributed by atoms with E-state index in [0.717, 1.165) is 17.6 Å². The van der Waals surface area contributed by atoms with Crippen molar-refractivity contribution in [2.24, 2.45) is 5.73 Å². The van der Waals surface area contributed by atoms with Gasteiger partial charge in [-0.1, -0.05) is 30.4 Å². The Hall–Kier alpha value is -1.35. The first-order chi connectivity index (χ1) is 6.09. The van der Waals surface area contributed by atoms with Gasteiger partial charge < -0.3 is 10.8 Å². The molecule has 13 heavy (non-hydrogen) atoms. The molecule has 1 aliphatic carbocycles. The molecule has 0 heterocycles. The van der Waals surface area contributed by atoms with Crippen LogP contribution in [0.5, 0.6) is 0 Å². The Morgan fingerprint density at radius 3 is 2.85 bits per heavy atom. The van der Waals surface area contributed by atoms with Gasteiger partial charge in [0, 0.05) is 0 Å². The number of aliphatic carboxylic acids is 1. The summed E-state index contributed by atoms with van der Waals surface area (Å²) in [6.45, 7) is 3.78. The molecule has 0 aromatic carbocycles. The van der Waals surface area contributed by atoms with E-state index in [1.807, 2.05) is 18.2 Å². The summed E-state index contributed by atoms with van der Waals surface area (Å²) in [4.78, 5) is 10.4. The minimum absolute atomic E-state index is 0.388. The second-order valence-electron chi connectivity index (χ2n) is 3.12. The van der Waals surface area contributed by atoms with Crippen molar-refractivity contribution in [3.05, 3.63) is 36.0 Å². The van der Waals surface area contributed by atoms with E-state index in [9.17, 15) is 4.79 Å². The Bertz CT molecular complexity index is 289. The Kier molecular flexibility index (Phi) is 3.03. The van der Waals surface area contributed by atoms with E-state index in [0.29, 0.717) is 6.42 Å². The molecule has 0 amide bonds. The maximum Gasteiger partial charge on any atom is 0.320 e. The van der Waals surface area contributed by atoms with Crippen molar-refractivity contribution >= 4 is 5.97 Å². The highest BCUT2D eigenvalue weighted by atomic mass is 16.4. The van der Waals surface area contributed by atoms with Gasteiger partial charge in [0.15, 0.2) is 0 Å². The second kappa shape index (κ2) is 4.05. The molecule has 0 saturated carbocycles. The molecular formula is C10H13NO2. The molecule has 0 aromatic rings. The SMILES string of the molecule is C=C1C=CC(CC(N)C(=O)O)=CC1. The molecule has 1 atom stereocenters. The number of nitrogens with two attached hydrogens (primary N) is 1. The lowest BCUT2D eigenvalue weighted by Gasteiger charge is -2.10. The van der Waals surface area contributed by atoms with Crippen LogP contribution in [0.1, 0.15) is 12.8 Å². The maximum atomic E-state index is 10.4. The summed E-state index contributed by atoms with van der Waals surface area (Å²) in [5.74, 6) is -0.960. The zero-order chi connectivity index (χ0) is 9.84. The van der Waals surface area contributed by atoms with Crippen molar-refractivity contribution in [1.29, 1.82) is 0 Å². The first-order valence-electron chi connectivity index (χ1n) is 4.13. The van der Waals surface area contributed by atoms with Crippen molar-refractivity contribution in [2.75, 3.05) is 0 Å². The first-order valence-corrected chi connectivity index (χ1v) is 4.13. The number of carbonyl (C=O) groups is 1. The first kappa shape index (κ1) is 9.74. The van der Waals surface area contributed by atoms with E-state index in [2.05, 4.69) is 6.58 Å². The van der Waals surface area contributed by atoms with E-state index >= 15 is 0 Å². The van der Waals surface area contributed by atoms with Crippen LogP contribution in [0.4, 0.5) is 0 Å². The highest BCUT2D eigenvalue weighted by Gasteiger charge is 2.13. The fraction of sp³-hybridized carbons (Fsp3) is 0.300. The Balaban J connectivity index is 2.52. The van der Waals surface area contributed by atoms with Gasteiger partial charge in [0.05, 0.1) is 0 Å². The molecule has 3 heteroatoms. The van der Waals surface area contributed by atoms with Crippen LogP contribution < -0.4 is 5.73 Å². The van der Waals surface area contributed by atoms with Gasteiger partial charge in [-0.15, -0.1) is 0 Å². The van der Waals surface area contributed by atoms with Crippen LogP contribution >= 0.6 is 0 Å². The Morgan fingerprint density at radius 2 is 2.38 bits per heavy atom. The fourth-order valence-electron chi connectivity index (χ4n) is 1.12. The Labute approximate surface area is 77.2 Å². The monoisotopic (exact) mass is 179 g/mol. The summed E-state index contributed by atoms with van der Waals surface area (Å²) in [5, 5.41) is 8.57. The zero-order valence-corrected chi connectivity index (χ0v) is 7.36. The lowest BCUT2D eigenvalue weighted by Crippen LogP contribution is -2.30. The van der Waals surface area contributed by atoms with E-state index in [1.54, 1.807) is 0 Å². The van der Waals surface area contributed by atoms with Gasteiger partial charge in [0.2, 0.25) is 0 Å². The summed E-state index contributed by atoms with van der Waals surface area (Å²) >= 11 is 0. The molecule has 0 fully saturated rings. The molecule has 70 valence electrons. The van der Waals surface area contributed by atoms with Crippen LogP contribution in [0.2, 0.25) is 0 Å². The molecule has 0 saturated heterocycles. The summed E-state index contributed by atoms with van der Waals surface area (Å²) < 4.78 is 0. The average Bonchev–Trinajstić information content (AvgIpc) is 2.08. The zero-order valence-electron chi connectivity index (χ0n) is 7.36. The number of hydrogen-bond donors (Lipinski definition) is 2. The number of carboxylic acid groups (broad SMARTS) is 1. The van der Waals surface area contributed by atoms with E-state index in [4.69, 9.17) is 10.8 Å². The van der Waals surface area contributed by atoms with E-state index in [-0.39, 0.29) is 0 Å². The molecule has 0 spiro atoms. The van der Waals surface area contributed by atoms with Crippen molar-refractivity contribution in [3.8, 4) is 0 Å². The summed E-state index contributed by atoms with van der Waals surface area (Å²) in [7, 11) is 0. The minimum Gasteiger partial charge on any atom is -0.480 e. The number of carboxylic acids is 1. The van der Waals surface area contributed by atoms with Crippen LogP contribution in [-0.2, 0) is 4.79 Å². The van der Waals surface area contributed by atoms with Crippen molar-refractivity contribution in [3.63, 3.8) is 0 Å². The third kappa shape index (κ3) is 2.87. The van der Waals surface area contributed by atoms with Gasteiger partial charge in [-0.05, 0) is 18.4 Å². The van der Waals surface area contributed by atoms with Gasteiger partial charge >= 0.3 is 5.97 Å². The number of hydrogen-bond acceptors (Lipinski definition) is 2. The van der Waals surface area contributed by atoms with Crippen molar-refractivity contribution < 1.29 is 9.90 Å². The van der Waals surface area contributed by atoms with Crippen LogP contribution in [-0.4, -0.2) is 17.1 Å². The van der Waals surface area contributed by atoms with Gasteiger partial charge in [-0.25, -0.2) is 0 Å². The molecule has 3 nitrogen and oxygen atoms in total. The van der Waals surface area contributed by atoms with Gasteiger partial charge in [0.25, 0.3) is 0 Å². The van der Waals surface area contributed by atoms with Gasteiger partial charge in [0.1, 0.15) is 6.04 Å². The molecule has 1 rings (SSSR count). The van der Waals surface area contributed by atoms with Crippen LogP contribution in [0.3, 0.4) is 0 Å². The molecule has 0 aliphatic heterocycles. The fourth-order valence-corrected chi connectivity index (χ4v) is 1.12. The number of allylic oxidation sites excluding steroid dienone is 4. The van der Waals surface area contributed by atoms with Crippen molar-refractivity contribution in [1.82, 2.24) is 0 Å². The molecule has 1 aliphatic rings. The average molecular weight is 179 g/mol. The van der Waals surface area contributed by atoms with Crippen molar-refractivity contribution in [2.45, 2.75) is 18.9 Å². The quantitative estimate of drug-likeness (QED) is 0.685. The molecule has 3 N–H and O–H groups in total. The third-order valence-corrected chi connectivity index (χ3v) is 1.93. The summed E-state index contributed by atoms with van der Waals surface area (Å²) in [6.07, 6.45) is 6.90. The summed E-state index contributed by atoms with van der Waals surface area (Å²) in [6, 6.07) is -0.803. The highest BCUT2D eigenvalue weighted by molar-refractivity contribution is 5.73. The predicted molar refractivity (Wildman–Crippen MR) is 51.2 cm³/mol. The second-order valence-corrected chi connectivity index (χ2v) is 3.12. The largest absolute Gasteiger partial charge is 0.480 e. The van der Waals surface area contributed by atoms with Crippen LogP contribution in [0.15, 0.2) is 36.0 Å². The smallest absolute Gasteiger partial charge is 0.320 e. The predicted octanol–water partition coefficient (Wildman–Crippen LogP) is 1.23. The summed E-state index contributed by atoms with van der Waals surface area (Å²) in [5.41, 5.74) is 7.39. The standard InChI is InChI=1S/C10H13NO2/c1-7-2-4-8(5-3-7)6-9(11)10(12)13/h2,4-5,9H,1,3,6,11H2,(H,12,13). The Morgan fingerprint density at radius 1 is 1.69 bits per heavy atom. The normalized spacial score (nSPS) is 18.2. The topological polar surface area (TPSA) is 63.3 Å². The van der Waals surface area contributed by atoms with Crippen LogP contribution in [0.25, 0.3) is 0 Å². The molecule has 1 unspecified atom stereocenters. The third-order valence-electron chi connectivity index (χ3n) is 1.93. The number of rotatable bonds is 3.